The number of pyridine rings is 2. The summed E-state index contributed by atoms with van der Waals surface area (Å²) in [7, 11) is 1.79. The summed E-state index contributed by atoms with van der Waals surface area (Å²) in [5.41, 5.74) is 3.92. The molecule has 0 bridgehead atoms. The molecule has 2 heterocycles. The van der Waals surface area contributed by atoms with Crippen molar-refractivity contribution in [2.24, 2.45) is 5.92 Å². The van der Waals surface area contributed by atoms with Crippen molar-refractivity contribution in [2.45, 2.75) is 59.0 Å². The summed E-state index contributed by atoms with van der Waals surface area (Å²) >= 11 is 0. The fourth-order valence-electron chi connectivity index (χ4n) is 4.00. The summed E-state index contributed by atoms with van der Waals surface area (Å²) < 4.78 is 10.3. The molecule has 0 spiro atoms. The van der Waals surface area contributed by atoms with Crippen molar-refractivity contribution < 1.29 is 38.7 Å². The first-order chi connectivity index (χ1) is 14.7. The maximum absolute atomic E-state index is 5.92. The van der Waals surface area contributed by atoms with E-state index in [4.69, 9.17) is 4.74 Å². The maximum Gasteiger partial charge on any atom is 0.177 e. The second kappa shape index (κ2) is 14.9. The molecule has 174 valence electrons. The van der Waals surface area contributed by atoms with Gasteiger partial charge in [-0.1, -0.05) is 45.2 Å². The molecule has 0 aliphatic rings. The molecular weight excluding hydrogens is 439 g/mol. The average molecular weight is 476 g/mol. The van der Waals surface area contributed by atoms with Crippen molar-refractivity contribution >= 4 is 0 Å². The Bertz CT molecular complexity index is 840. The van der Waals surface area contributed by atoms with Crippen LogP contribution in [0.3, 0.4) is 0 Å². The van der Waals surface area contributed by atoms with E-state index in [9.17, 15) is 0 Å². The van der Waals surface area contributed by atoms with E-state index in [1.807, 2.05) is 0 Å². The Morgan fingerprint density at radius 2 is 1.22 bits per heavy atom. The van der Waals surface area contributed by atoms with Crippen LogP contribution in [0.2, 0.25) is 0 Å². The lowest BCUT2D eigenvalue weighted by atomic mass is 9.98. The number of ether oxygens (including phenoxy) is 1. The Kier molecular flexibility index (Phi) is 13.0. The molecule has 0 atom stereocenters. The number of rotatable bonds is 11. The minimum absolute atomic E-state index is 0. The predicted octanol–water partition coefficient (Wildman–Crippen LogP) is -0.866. The molecule has 0 fully saturated rings. The Labute approximate surface area is 206 Å². The van der Waals surface area contributed by atoms with E-state index in [2.05, 4.69) is 96.3 Å². The molecule has 0 amide bonds. The molecule has 3 rings (SSSR count). The highest BCUT2D eigenvalue weighted by atomic mass is 35.5. The molecule has 0 aliphatic carbocycles. The highest BCUT2D eigenvalue weighted by Crippen LogP contribution is 2.27. The van der Waals surface area contributed by atoms with Gasteiger partial charge >= 0.3 is 0 Å². The van der Waals surface area contributed by atoms with Crippen LogP contribution in [0.4, 0.5) is 0 Å². The van der Waals surface area contributed by atoms with Crippen LogP contribution in [0.15, 0.2) is 73.3 Å². The Hall–Kier alpha value is -2.10. The van der Waals surface area contributed by atoms with Gasteiger partial charge in [0.2, 0.25) is 0 Å². The zero-order valence-electron chi connectivity index (χ0n) is 19.5. The maximum atomic E-state index is 5.92. The lowest BCUT2D eigenvalue weighted by Crippen LogP contribution is -3.00. The smallest absolute Gasteiger partial charge is 0.177 e. The Morgan fingerprint density at radius 1 is 0.719 bits per heavy atom. The van der Waals surface area contributed by atoms with Gasteiger partial charge in [-0.25, -0.2) is 9.13 Å². The monoisotopic (exact) mass is 474 g/mol. The van der Waals surface area contributed by atoms with E-state index in [-0.39, 0.29) is 24.8 Å². The SMILES string of the molecule is COc1c(C[n+]2ccccc2)cc(CCCCCC(C)C)cc1C[n+]1ccccc1.[Cl-].[Cl-]. The van der Waals surface area contributed by atoms with E-state index in [0.29, 0.717) is 0 Å². The van der Waals surface area contributed by atoms with Crippen LogP contribution in [0.1, 0.15) is 56.2 Å². The van der Waals surface area contributed by atoms with Gasteiger partial charge < -0.3 is 29.6 Å². The first-order valence-electron chi connectivity index (χ1n) is 11.2. The number of hydrogen-bond donors (Lipinski definition) is 0. The molecule has 32 heavy (non-hydrogen) atoms. The normalized spacial score (nSPS) is 10.4. The number of nitrogens with zero attached hydrogens (tertiary/aromatic N) is 2. The summed E-state index contributed by atoms with van der Waals surface area (Å²) in [4.78, 5) is 0. The van der Waals surface area contributed by atoms with E-state index >= 15 is 0 Å². The average Bonchev–Trinajstić information content (AvgIpc) is 2.75. The number of aromatic nitrogens is 2. The van der Waals surface area contributed by atoms with Crippen molar-refractivity contribution in [3.63, 3.8) is 0 Å². The van der Waals surface area contributed by atoms with Crippen molar-refractivity contribution in [3.05, 3.63) is 90.0 Å². The predicted molar refractivity (Wildman–Crippen MR) is 121 cm³/mol. The summed E-state index contributed by atoms with van der Waals surface area (Å²) in [6.45, 7) is 6.25. The van der Waals surface area contributed by atoms with Crippen LogP contribution in [0, 0.1) is 5.92 Å². The minimum atomic E-state index is 0. The lowest BCUT2D eigenvalue weighted by Gasteiger charge is -2.14. The van der Waals surface area contributed by atoms with E-state index in [0.717, 1.165) is 31.2 Å². The highest BCUT2D eigenvalue weighted by Gasteiger charge is 2.18. The molecule has 0 radical (unpaired) electrons. The summed E-state index contributed by atoms with van der Waals surface area (Å²) in [6.07, 6.45) is 14.8. The van der Waals surface area contributed by atoms with Gasteiger partial charge in [-0.2, -0.15) is 0 Å². The van der Waals surface area contributed by atoms with E-state index in [1.165, 1.54) is 42.4 Å². The summed E-state index contributed by atoms with van der Waals surface area (Å²) in [5.74, 6) is 1.81. The zero-order valence-corrected chi connectivity index (χ0v) is 21.0. The largest absolute Gasteiger partial charge is 1.00 e. The third-order valence-electron chi connectivity index (χ3n) is 5.51. The zero-order chi connectivity index (χ0) is 21.2. The highest BCUT2D eigenvalue weighted by molar-refractivity contribution is 5.44. The molecule has 0 unspecified atom stereocenters. The second-order valence-corrected chi connectivity index (χ2v) is 8.54. The quantitative estimate of drug-likeness (QED) is 0.261. The topological polar surface area (TPSA) is 17.0 Å². The van der Waals surface area contributed by atoms with Crippen LogP contribution in [-0.4, -0.2) is 7.11 Å². The second-order valence-electron chi connectivity index (χ2n) is 8.54. The number of halogens is 2. The molecule has 0 aliphatic heterocycles. The van der Waals surface area contributed by atoms with Gasteiger partial charge in [0.15, 0.2) is 37.9 Å². The third-order valence-corrected chi connectivity index (χ3v) is 5.51. The van der Waals surface area contributed by atoms with Crippen LogP contribution < -0.4 is 38.7 Å². The molecule has 0 saturated heterocycles. The van der Waals surface area contributed by atoms with Gasteiger partial charge in [0.05, 0.1) is 18.2 Å². The molecule has 3 nitrogen and oxygen atoms in total. The minimum Gasteiger partial charge on any atom is -1.00 e. The number of benzene rings is 1. The van der Waals surface area contributed by atoms with Crippen LogP contribution in [-0.2, 0) is 19.5 Å². The molecule has 0 saturated carbocycles. The first kappa shape index (κ1) is 27.9. The fraction of sp³-hybridized carbons (Fsp3) is 0.407. The van der Waals surface area contributed by atoms with Gasteiger partial charge in [-0.15, -0.1) is 0 Å². The van der Waals surface area contributed by atoms with Gasteiger partial charge in [-0.3, -0.25) is 0 Å². The van der Waals surface area contributed by atoms with Crippen molar-refractivity contribution in [1.82, 2.24) is 0 Å². The molecule has 0 N–H and O–H groups in total. The third kappa shape index (κ3) is 8.80. The van der Waals surface area contributed by atoms with Crippen molar-refractivity contribution in [3.8, 4) is 5.75 Å². The molecular formula is C27H36Cl2N2O. The number of aryl methyl sites for hydroxylation is 1. The molecule has 2 aromatic heterocycles. The summed E-state index contributed by atoms with van der Waals surface area (Å²) in [5, 5.41) is 0. The van der Waals surface area contributed by atoms with Gasteiger partial charge in [-0.05, 0) is 36.5 Å². The van der Waals surface area contributed by atoms with Gasteiger partial charge in [0, 0.05) is 24.3 Å². The molecule has 5 heteroatoms. The van der Waals surface area contributed by atoms with E-state index < -0.39 is 0 Å². The van der Waals surface area contributed by atoms with Gasteiger partial charge in [0.1, 0.15) is 5.75 Å². The van der Waals surface area contributed by atoms with Crippen LogP contribution in [0.5, 0.6) is 5.75 Å². The lowest BCUT2D eigenvalue weighted by molar-refractivity contribution is -0.689. The summed E-state index contributed by atoms with van der Waals surface area (Å²) in [6, 6.07) is 17.1. The van der Waals surface area contributed by atoms with Crippen molar-refractivity contribution in [1.29, 1.82) is 0 Å². The number of hydrogen-bond acceptors (Lipinski definition) is 1. The molecule has 3 aromatic rings. The van der Waals surface area contributed by atoms with E-state index in [1.54, 1.807) is 7.11 Å². The number of unbranched alkanes of at least 4 members (excludes halogenated alkanes) is 2. The van der Waals surface area contributed by atoms with Gasteiger partial charge in [0.25, 0.3) is 0 Å². The van der Waals surface area contributed by atoms with Crippen molar-refractivity contribution in [2.75, 3.05) is 7.11 Å². The Morgan fingerprint density at radius 3 is 1.66 bits per heavy atom. The number of methoxy groups -OCH3 is 1. The molecule has 1 aromatic carbocycles. The van der Waals surface area contributed by atoms with Crippen LogP contribution >= 0.6 is 0 Å². The standard InChI is InChI=1S/C27H36N2O.2ClH/c1-23(2)13-7-4-8-14-24-19-25(21-28-15-9-5-10-16-28)27(30-3)26(20-24)22-29-17-11-6-12-18-29;;/h5-6,9-12,15-20,23H,4,7-8,13-14,21-22H2,1-3H3;2*1H/q+2;;/p-2. The fourth-order valence-corrected chi connectivity index (χ4v) is 4.00. The Balaban J connectivity index is 0.00000256. The first-order valence-corrected chi connectivity index (χ1v) is 11.2. The van der Waals surface area contributed by atoms with Crippen LogP contribution in [0.25, 0.3) is 0 Å².